The van der Waals surface area contributed by atoms with Crippen LogP contribution in [0.4, 0.5) is 8.78 Å². The Morgan fingerprint density at radius 1 is 0.958 bits per heavy atom. The van der Waals surface area contributed by atoms with Crippen LogP contribution < -0.4 is 31.3 Å². The molecule has 6 amide bonds. The minimum absolute atomic E-state index is 0.0181. The molecule has 2 aromatic rings. The monoisotopic (exact) mass is 672 g/mol. The Hall–Kier alpha value is -5.08. The number of likely N-dealkylation sites (N-methyl/N-ethyl adjacent to an activating group) is 1. The molecule has 4 atom stereocenters. The summed E-state index contributed by atoms with van der Waals surface area (Å²) in [5.41, 5.74) is 0.719. The van der Waals surface area contributed by atoms with Crippen LogP contribution >= 0.6 is 0 Å². The first-order chi connectivity index (χ1) is 22.7. The number of rotatable bonds is 7. The molecule has 13 nitrogen and oxygen atoms in total. The number of benzene rings is 2. The van der Waals surface area contributed by atoms with Crippen molar-refractivity contribution in [1.29, 1.82) is 0 Å². The van der Waals surface area contributed by atoms with Crippen molar-refractivity contribution in [3.63, 3.8) is 0 Å². The van der Waals surface area contributed by atoms with E-state index >= 15 is 0 Å². The Morgan fingerprint density at radius 3 is 2.33 bits per heavy atom. The van der Waals surface area contributed by atoms with E-state index in [-0.39, 0.29) is 43.7 Å². The van der Waals surface area contributed by atoms with Gasteiger partial charge in [-0.2, -0.15) is 8.78 Å². The molecule has 0 bridgehead atoms. The number of alkyl halides is 2. The second-order valence-electron chi connectivity index (χ2n) is 11.8. The molecule has 1 aliphatic heterocycles. The number of hydrogen-bond acceptors (Lipinski definition) is 7. The van der Waals surface area contributed by atoms with Crippen LogP contribution in [-0.4, -0.2) is 91.3 Å². The first-order valence-corrected chi connectivity index (χ1v) is 15.6. The SMILES string of the molecule is CC(C)[C@H]1NC(=O)[C@@H](NC(=O)c2cccc(OC(F)F)c2)CCCNC(=O)CN(C)C(=O)[C@H](Cc2ccccc2)NC(=O)[C@@H](C)NC1=O. The van der Waals surface area contributed by atoms with Gasteiger partial charge in [0.1, 0.15) is 29.9 Å². The molecule has 1 saturated heterocycles. The van der Waals surface area contributed by atoms with Crippen molar-refractivity contribution in [2.45, 2.75) is 70.8 Å². The zero-order chi connectivity index (χ0) is 35.4. The van der Waals surface area contributed by atoms with Gasteiger partial charge in [-0.05, 0) is 49.4 Å². The number of nitrogens with one attached hydrogen (secondary N) is 5. The van der Waals surface area contributed by atoms with Crippen LogP contribution in [0.1, 0.15) is 49.5 Å². The summed E-state index contributed by atoms with van der Waals surface area (Å²) >= 11 is 0. The maximum absolute atomic E-state index is 13.5. The molecule has 5 N–H and O–H groups in total. The van der Waals surface area contributed by atoms with Crippen LogP contribution in [0.25, 0.3) is 0 Å². The first kappa shape index (κ1) is 37.4. The van der Waals surface area contributed by atoms with Gasteiger partial charge in [0, 0.05) is 25.6 Å². The van der Waals surface area contributed by atoms with Crippen LogP contribution in [0, 0.1) is 5.92 Å². The maximum atomic E-state index is 13.5. The molecule has 3 rings (SSSR count). The van der Waals surface area contributed by atoms with E-state index in [1.54, 1.807) is 38.1 Å². The summed E-state index contributed by atoms with van der Waals surface area (Å²) in [6.45, 7) is 1.45. The molecule has 0 aliphatic carbocycles. The third-order valence-corrected chi connectivity index (χ3v) is 7.59. The van der Waals surface area contributed by atoms with Gasteiger partial charge in [-0.1, -0.05) is 50.2 Å². The normalized spacial score (nSPS) is 22.2. The molecule has 0 spiro atoms. The van der Waals surface area contributed by atoms with E-state index in [1.165, 1.54) is 37.1 Å². The molecular weight excluding hydrogens is 630 g/mol. The van der Waals surface area contributed by atoms with E-state index in [2.05, 4.69) is 31.3 Å². The number of carbonyl (C=O) groups excluding carboxylic acids is 6. The smallest absolute Gasteiger partial charge is 0.387 e. The van der Waals surface area contributed by atoms with Crippen molar-refractivity contribution < 1.29 is 42.3 Å². The Labute approximate surface area is 277 Å². The molecule has 15 heteroatoms. The topological polar surface area (TPSA) is 175 Å². The van der Waals surface area contributed by atoms with E-state index in [0.717, 1.165) is 11.6 Å². The summed E-state index contributed by atoms with van der Waals surface area (Å²) < 4.78 is 29.8. The fourth-order valence-corrected chi connectivity index (χ4v) is 4.98. The van der Waals surface area contributed by atoms with E-state index in [9.17, 15) is 37.5 Å². The fourth-order valence-electron chi connectivity index (χ4n) is 4.98. The Bertz CT molecular complexity index is 1460. The van der Waals surface area contributed by atoms with Crippen molar-refractivity contribution in [2.24, 2.45) is 5.92 Å². The van der Waals surface area contributed by atoms with Crippen LogP contribution in [0.15, 0.2) is 54.6 Å². The van der Waals surface area contributed by atoms with Gasteiger partial charge < -0.3 is 36.2 Å². The highest BCUT2D eigenvalue weighted by molar-refractivity contribution is 5.99. The highest BCUT2D eigenvalue weighted by Crippen LogP contribution is 2.16. The molecule has 0 unspecified atom stereocenters. The van der Waals surface area contributed by atoms with Crippen molar-refractivity contribution in [1.82, 2.24) is 31.5 Å². The van der Waals surface area contributed by atoms with Gasteiger partial charge in [0.25, 0.3) is 5.91 Å². The lowest BCUT2D eigenvalue weighted by Gasteiger charge is -2.28. The largest absolute Gasteiger partial charge is 0.435 e. The molecule has 2 aromatic carbocycles. The second kappa shape index (κ2) is 17.7. The summed E-state index contributed by atoms with van der Waals surface area (Å²) in [7, 11) is 1.43. The summed E-state index contributed by atoms with van der Waals surface area (Å²) in [5.74, 6) is -4.50. The maximum Gasteiger partial charge on any atom is 0.387 e. The van der Waals surface area contributed by atoms with Crippen LogP contribution in [0.5, 0.6) is 5.75 Å². The summed E-state index contributed by atoms with van der Waals surface area (Å²) in [6.07, 6.45) is 0.363. The van der Waals surface area contributed by atoms with Gasteiger partial charge in [-0.3, -0.25) is 28.8 Å². The zero-order valence-electron chi connectivity index (χ0n) is 27.3. The third-order valence-electron chi connectivity index (χ3n) is 7.59. The molecule has 1 aliphatic rings. The lowest BCUT2D eigenvalue weighted by atomic mass is 10.0. The molecule has 0 radical (unpaired) electrons. The zero-order valence-corrected chi connectivity index (χ0v) is 27.3. The molecule has 0 saturated carbocycles. The number of carbonyl (C=O) groups is 6. The minimum atomic E-state index is -3.10. The summed E-state index contributed by atoms with van der Waals surface area (Å²) in [4.78, 5) is 80.5. The Kier molecular flexibility index (Phi) is 13.8. The van der Waals surface area contributed by atoms with E-state index in [4.69, 9.17) is 0 Å². The first-order valence-electron chi connectivity index (χ1n) is 15.6. The van der Waals surface area contributed by atoms with Crippen molar-refractivity contribution >= 4 is 35.4 Å². The van der Waals surface area contributed by atoms with Crippen molar-refractivity contribution in [2.75, 3.05) is 20.1 Å². The predicted molar refractivity (Wildman–Crippen MR) is 171 cm³/mol. The van der Waals surface area contributed by atoms with E-state index in [0.29, 0.717) is 0 Å². The average molecular weight is 673 g/mol. The quantitative estimate of drug-likeness (QED) is 0.293. The molecule has 48 heavy (non-hydrogen) atoms. The van der Waals surface area contributed by atoms with Crippen molar-refractivity contribution in [3.05, 3.63) is 65.7 Å². The fraction of sp³-hybridized carbons (Fsp3) is 0.455. The lowest BCUT2D eigenvalue weighted by molar-refractivity contribution is -0.139. The molecule has 1 fully saturated rings. The standard InChI is InChI=1S/C33H42F2N6O7/c1-19(2)27-31(46)37-20(3)28(43)39-25(16-21-10-6-5-7-11-21)32(47)41(4)18-26(42)36-15-9-14-24(30(45)40-27)38-29(44)22-12-8-13-23(17-22)48-33(34)35/h5-8,10-13,17,19-20,24-25,27,33H,9,14-16,18H2,1-4H3,(H,36,42)(H,37,46)(H,38,44)(H,39,43)(H,40,45)/t20-,24+,25+,27-/m1/s1. The number of halogens is 2. The second-order valence-corrected chi connectivity index (χ2v) is 11.8. The van der Waals surface area contributed by atoms with Gasteiger partial charge in [0.05, 0.1) is 6.54 Å². The summed E-state index contributed by atoms with van der Waals surface area (Å²) in [5, 5.41) is 13.2. The number of hydrogen-bond donors (Lipinski definition) is 5. The molecule has 1 heterocycles. The highest BCUT2D eigenvalue weighted by Gasteiger charge is 2.32. The number of nitrogens with zero attached hydrogens (tertiary/aromatic N) is 1. The minimum Gasteiger partial charge on any atom is -0.435 e. The predicted octanol–water partition coefficient (Wildman–Crippen LogP) is 1.13. The van der Waals surface area contributed by atoms with Crippen LogP contribution in [0.2, 0.25) is 0 Å². The molecule has 0 aromatic heterocycles. The number of ether oxygens (including phenoxy) is 1. The number of amides is 6. The van der Waals surface area contributed by atoms with Gasteiger partial charge in [-0.25, -0.2) is 0 Å². The van der Waals surface area contributed by atoms with Crippen LogP contribution in [-0.2, 0) is 30.4 Å². The van der Waals surface area contributed by atoms with Gasteiger partial charge in [0.15, 0.2) is 0 Å². The van der Waals surface area contributed by atoms with Gasteiger partial charge in [0.2, 0.25) is 29.5 Å². The average Bonchev–Trinajstić information content (AvgIpc) is 3.03. The van der Waals surface area contributed by atoms with Crippen LogP contribution in [0.3, 0.4) is 0 Å². The van der Waals surface area contributed by atoms with E-state index < -0.39 is 72.1 Å². The van der Waals surface area contributed by atoms with Crippen molar-refractivity contribution in [3.8, 4) is 5.75 Å². The molecule has 260 valence electrons. The Morgan fingerprint density at radius 2 is 1.67 bits per heavy atom. The Balaban J connectivity index is 1.85. The highest BCUT2D eigenvalue weighted by atomic mass is 19.3. The van der Waals surface area contributed by atoms with Gasteiger partial charge >= 0.3 is 6.61 Å². The molecular formula is C33H42F2N6O7. The summed E-state index contributed by atoms with van der Waals surface area (Å²) in [6, 6.07) is 9.56. The lowest BCUT2D eigenvalue weighted by Crippen LogP contribution is -2.59. The van der Waals surface area contributed by atoms with E-state index in [1.807, 2.05) is 6.07 Å². The van der Waals surface area contributed by atoms with Gasteiger partial charge in [-0.15, -0.1) is 0 Å². The third kappa shape index (κ3) is 11.3.